The normalized spacial score (nSPS) is 15.0. The van der Waals surface area contributed by atoms with Gasteiger partial charge in [0.25, 0.3) is 0 Å². The van der Waals surface area contributed by atoms with Crippen LogP contribution in [-0.2, 0) is 6.18 Å². The first-order valence-corrected chi connectivity index (χ1v) is 7.61. The van der Waals surface area contributed by atoms with E-state index in [2.05, 4.69) is 4.99 Å². The number of rotatable bonds is 3. The summed E-state index contributed by atoms with van der Waals surface area (Å²) in [4.78, 5) is 4.51. The van der Waals surface area contributed by atoms with Crippen LogP contribution in [0.2, 0.25) is 0 Å². The van der Waals surface area contributed by atoms with Gasteiger partial charge >= 0.3 is 6.18 Å². The van der Waals surface area contributed by atoms with Crippen LogP contribution in [0.15, 0.2) is 65.3 Å². The fourth-order valence-corrected chi connectivity index (χ4v) is 2.80. The molecule has 0 amide bonds. The second-order valence-corrected chi connectivity index (χ2v) is 5.50. The van der Waals surface area contributed by atoms with Gasteiger partial charge in [0.2, 0.25) is 0 Å². The van der Waals surface area contributed by atoms with Crippen molar-refractivity contribution >= 4 is 22.9 Å². The highest BCUT2D eigenvalue weighted by Crippen LogP contribution is 2.33. The third-order valence-electron chi connectivity index (χ3n) is 3.76. The van der Waals surface area contributed by atoms with Crippen molar-refractivity contribution in [2.45, 2.75) is 12.6 Å². The summed E-state index contributed by atoms with van der Waals surface area (Å²) in [5, 5.41) is 0. The Kier molecular flexibility index (Phi) is 4.26. The zero-order valence-corrected chi connectivity index (χ0v) is 12.8. The molecule has 0 aliphatic carbocycles. The lowest BCUT2D eigenvalue weighted by Gasteiger charge is -2.08. The molecule has 0 saturated heterocycles. The summed E-state index contributed by atoms with van der Waals surface area (Å²) >= 11 is 5.98. The van der Waals surface area contributed by atoms with Crippen LogP contribution in [0.1, 0.15) is 23.1 Å². The minimum atomic E-state index is -4.33. The second-order valence-electron chi connectivity index (χ2n) is 5.24. The van der Waals surface area contributed by atoms with E-state index >= 15 is 0 Å². The maximum Gasteiger partial charge on any atom is 0.416 e. The molecule has 118 valence electrons. The molecule has 0 atom stereocenters. The molecule has 3 rings (SSSR count). The van der Waals surface area contributed by atoms with E-state index in [0.29, 0.717) is 12.0 Å². The van der Waals surface area contributed by atoms with Crippen LogP contribution >= 0.6 is 11.6 Å². The topological polar surface area (TPSA) is 12.4 Å². The molecule has 0 spiro atoms. The maximum absolute atomic E-state index is 12.6. The van der Waals surface area contributed by atoms with Crippen molar-refractivity contribution in [3.63, 3.8) is 0 Å². The number of allylic oxidation sites excluding steroid dienone is 2. The van der Waals surface area contributed by atoms with Gasteiger partial charge in [0, 0.05) is 6.42 Å². The van der Waals surface area contributed by atoms with Crippen LogP contribution in [-0.4, -0.2) is 11.6 Å². The van der Waals surface area contributed by atoms with Gasteiger partial charge in [0.1, 0.15) is 0 Å². The van der Waals surface area contributed by atoms with Gasteiger partial charge in [0.05, 0.1) is 22.9 Å². The summed E-state index contributed by atoms with van der Waals surface area (Å²) in [5.41, 5.74) is 3.60. The minimum Gasteiger partial charge on any atom is -0.255 e. The van der Waals surface area contributed by atoms with Crippen molar-refractivity contribution in [1.29, 1.82) is 0 Å². The number of hydrogen-bond donors (Lipinski definition) is 0. The van der Waals surface area contributed by atoms with E-state index in [1.54, 1.807) is 0 Å². The van der Waals surface area contributed by atoms with Crippen LogP contribution < -0.4 is 0 Å². The van der Waals surface area contributed by atoms with Crippen molar-refractivity contribution in [2.75, 3.05) is 5.88 Å². The first-order valence-electron chi connectivity index (χ1n) is 7.07. The van der Waals surface area contributed by atoms with E-state index < -0.39 is 11.7 Å². The standard InChI is InChI=1S/C18H13ClF3N/c19-11-17-15(12-4-2-1-3-5-12)10-16(23-17)13-6-8-14(9-7-13)18(20,21)22/h1-9H,10-11H2. The van der Waals surface area contributed by atoms with E-state index in [4.69, 9.17) is 11.6 Å². The summed E-state index contributed by atoms with van der Waals surface area (Å²) in [5.74, 6) is 0.272. The largest absolute Gasteiger partial charge is 0.416 e. The number of benzene rings is 2. The van der Waals surface area contributed by atoms with Gasteiger partial charge in [0.15, 0.2) is 0 Å². The minimum absolute atomic E-state index is 0.272. The van der Waals surface area contributed by atoms with E-state index in [9.17, 15) is 13.2 Å². The van der Waals surface area contributed by atoms with Gasteiger partial charge in [-0.05, 0) is 28.8 Å². The summed E-state index contributed by atoms with van der Waals surface area (Å²) in [6, 6.07) is 14.8. The van der Waals surface area contributed by atoms with Crippen molar-refractivity contribution in [3.8, 4) is 0 Å². The van der Waals surface area contributed by atoms with Crippen LogP contribution in [0.3, 0.4) is 0 Å². The molecule has 0 aromatic heterocycles. The molecule has 1 aliphatic rings. The Hall–Kier alpha value is -2.07. The average Bonchev–Trinajstić information content (AvgIpc) is 2.99. The smallest absolute Gasteiger partial charge is 0.255 e. The van der Waals surface area contributed by atoms with Gasteiger partial charge in [-0.15, -0.1) is 11.6 Å². The first kappa shape index (κ1) is 15.8. The predicted molar refractivity (Wildman–Crippen MR) is 86.7 cm³/mol. The lowest BCUT2D eigenvalue weighted by atomic mass is 9.97. The van der Waals surface area contributed by atoms with Gasteiger partial charge in [-0.2, -0.15) is 13.2 Å². The van der Waals surface area contributed by atoms with Crippen molar-refractivity contribution in [1.82, 2.24) is 0 Å². The van der Waals surface area contributed by atoms with Crippen LogP contribution in [0.4, 0.5) is 13.2 Å². The molecule has 1 aliphatic heterocycles. The summed E-state index contributed by atoms with van der Waals surface area (Å²) in [6.07, 6.45) is -3.76. The molecular formula is C18H13ClF3N. The number of halogens is 4. The average molecular weight is 336 g/mol. The molecule has 0 N–H and O–H groups in total. The number of aliphatic imine (C=N–C) groups is 1. The zero-order valence-electron chi connectivity index (χ0n) is 12.1. The summed E-state index contributed by atoms with van der Waals surface area (Å²) in [6.45, 7) is 0. The molecule has 2 aromatic rings. The Morgan fingerprint density at radius 3 is 2.13 bits per heavy atom. The van der Waals surface area contributed by atoms with Crippen molar-refractivity contribution in [2.24, 2.45) is 4.99 Å². The molecule has 5 heteroatoms. The number of nitrogens with zero attached hydrogens (tertiary/aromatic N) is 1. The number of hydrogen-bond acceptors (Lipinski definition) is 1. The zero-order chi connectivity index (χ0) is 16.4. The van der Waals surface area contributed by atoms with Gasteiger partial charge in [-0.1, -0.05) is 42.5 Å². The Balaban J connectivity index is 1.87. The quantitative estimate of drug-likeness (QED) is 0.652. The molecule has 0 saturated carbocycles. The predicted octanol–water partition coefficient (Wildman–Crippen LogP) is 5.55. The van der Waals surface area contributed by atoms with Gasteiger partial charge in [-0.25, -0.2) is 0 Å². The monoisotopic (exact) mass is 335 g/mol. The van der Waals surface area contributed by atoms with E-state index in [1.165, 1.54) is 12.1 Å². The summed E-state index contributed by atoms with van der Waals surface area (Å²) in [7, 11) is 0. The molecule has 23 heavy (non-hydrogen) atoms. The number of alkyl halides is 4. The third-order valence-corrected chi connectivity index (χ3v) is 4.01. The van der Waals surface area contributed by atoms with Crippen LogP contribution in [0, 0.1) is 0 Å². The Bertz CT molecular complexity index is 759. The Morgan fingerprint density at radius 1 is 0.913 bits per heavy atom. The molecule has 1 nitrogen and oxygen atoms in total. The first-order chi connectivity index (χ1) is 11.0. The van der Waals surface area contributed by atoms with E-state index in [1.807, 2.05) is 30.3 Å². The third kappa shape index (κ3) is 3.32. The van der Waals surface area contributed by atoms with Crippen molar-refractivity contribution < 1.29 is 13.2 Å². The lowest BCUT2D eigenvalue weighted by Crippen LogP contribution is -2.06. The molecule has 2 aromatic carbocycles. The molecule has 0 unspecified atom stereocenters. The SMILES string of the molecule is FC(F)(F)c1ccc(C2=NC(CCl)=C(c3ccccc3)C2)cc1. The fourth-order valence-electron chi connectivity index (χ4n) is 2.58. The molecular weight excluding hydrogens is 323 g/mol. The lowest BCUT2D eigenvalue weighted by molar-refractivity contribution is -0.137. The highest BCUT2D eigenvalue weighted by molar-refractivity contribution is 6.21. The van der Waals surface area contributed by atoms with E-state index in [0.717, 1.165) is 34.7 Å². The highest BCUT2D eigenvalue weighted by atomic mass is 35.5. The van der Waals surface area contributed by atoms with Gasteiger partial charge in [-0.3, -0.25) is 4.99 Å². The molecule has 0 bridgehead atoms. The second kappa shape index (κ2) is 6.20. The highest BCUT2D eigenvalue weighted by Gasteiger charge is 2.30. The Morgan fingerprint density at radius 2 is 1.57 bits per heavy atom. The fraction of sp³-hybridized carbons (Fsp3) is 0.167. The Labute approximate surface area is 137 Å². The van der Waals surface area contributed by atoms with Crippen molar-refractivity contribution in [3.05, 3.63) is 77.0 Å². The van der Waals surface area contributed by atoms with Gasteiger partial charge < -0.3 is 0 Å². The maximum atomic E-state index is 12.6. The molecule has 0 radical (unpaired) electrons. The van der Waals surface area contributed by atoms with Crippen LogP contribution in [0.25, 0.3) is 5.57 Å². The summed E-state index contributed by atoms with van der Waals surface area (Å²) < 4.78 is 37.9. The van der Waals surface area contributed by atoms with Crippen LogP contribution in [0.5, 0.6) is 0 Å². The van der Waals surface area contributed by atoms with E-state index in [-0.39, 0.29) is 5.88 Å². The molecule has 0 fully saturated rings. The molecule has 1 heterocycles.